The number of halogens is 2. The minimum Gasteiger partial charge on any atom is -0.314 e. The Morgan fingerprint density at radius 1 is 1.20 bits per heavy atom. The Kier molecular flexibility index (Phi) is 5.18. The van der Waals surface area contributed by atoms with E-state index in [1.807, 2.05) is 19.1 Å². The van der Waals surface area contributed by atoms with Gasteiger partial charge in [0.25, 0.3) is 0 Å². The molecule has 0 radical (unpaired) electrons. The van der Waals surface area contributed by atoms with Crippen LogP contribution in [0.4, 0.5) is 8.78 Å². The van der Waals surface area contributed by atoms with Gasteiger partial charge in [0, 0.05) is 18.4 Å². The van der Waals surface area contributed by atoms with Gasteiger partial charge in [-0.1, -0.05) is 13.0 Å². The first kappa shape index (κ1) is 14.6. The second-order valence-corrected chi connectivity index (χ2v) is 4.76. The number of aromatic nitrogens is 1. The summed E-state index contributed by atoms with van der Waals surface area (Å²) >= 11 is 0. The smallest absolute Gasteiger partial charge is 0.126 e. The predicted molar refractivity (Wildman–Crippen MR) is 75.5 cm³/mol. The molecule has 0 fully saturated rings. The fourth-order valence-corrected chi connectivity index (χ4v) is 2.27. The molecule has 0 saturated heterocycles. The lowest BCUT2D eigenvalue weighted by Crippen LogP contribution is -2.33. The molecule has 0 aliphatic carbocycles. The highest BCUT2D eigenvalue weighted by molar-refractivity contribution is 5.21. The number of benzene rings is 1. The summed E-state index contributed by atoms with van der Waals surface area (Å²) in [6, 6.07) is 7.50. The topological polar surface area (TPSA) is 24.9 Å². The van der Waals surface area contributed by atoms with Gasteiger partial charge < -0.3 is 5.32 Å². The first-order valence-corrected chi connectivity index (χ1v) is 6.75. The monoisotopic (exact) mass is 276 g/mol. The van der Waals surface area contributed by atoms with Crippen LogP contribution in [0.15, 0.2) is 42.7 Å². The Labute approximate surface area is 117 Å². The van der Waals surface area contributed by atoms with Gasteiger partial charge >= 0.3 is 0 Å². The highest BCUT2D eigenvalue weighted by Gasteiger charge is 2.13. The number of hydrogen-bond acceptors (Lipinski definition) is 2. The maximum atomic E-state index is 13.7. The van der Waals surface area contributed by atoms with Gasteiger partial charge in [-0.15, -0.1) is 0 Å². The summed E-state index contributed by atoms with van der Waals surface area (Å²) in [5.74, 6) is -0.765. The molecule has 0 bridgehead atoms. The van der Waals surface area contributed by atoms with E-state index in [2.05, 4.69) is 10.3 Å². The third kappa shape index (κ3) is 4.10. The molecule has 20 heavy (non-hydrogen) atoms. The Hall–Kier alpha value is -1.81. The summed E-state index contributed by atoms with van der Waals surface area (Å²) in [6.45, 7) is 2.78. The van der Waals surface area contributed by atoms with E-state index in [1.54, 1.807) is 12.4 Å². The number of nitrogens with zero attached hydrogens (tertiary/aromatic N) is 1. The van der Waals surface area contributed by atoms with E-state index in [1.165, 1.54) is 12.1 Å². The molecule has 1 heterocycles. The van der Waals surface area contributed by atoms with Crippen LogP contribution in [0.2, 0.25) is 0 Å². The maximum absolute atomic E-state index is 13.7. The molecule has 1 N–H and O–H groups in total. The van der Waals surface area contributed by atoms with Crippen molar-refractivity contribution in [2.45, 2.75) is 25.8 Å². The molecular formula is C16H18F2N2. The zero-order valence-electron chi connectivity index (χ0n) is 11.4. The van der Waals surface area contributed by atoms with E-state index in [0.29, 0.717) is 12.0 Å². The van der Waals surface area contributed by atoms with Crippen LogP contribution in [0, 0.1) is 11.6 Å². The molecule has 0 saturated carbocycles. The average Bonchev–Trinajstić information content (AvgIpc) is 2.44. The van der Waals surface area contributed by atoms with Gasteiger partial charge in [-0.05, 0) is 54.8 Å². The van der Waals surface area contributed by atoms with Gasteiger partial charge in [0.2, 0.25) is 0 Å². The SMILES string of the molecule is CCNC(Cc1cccnc1)Cc1cc(F)ccc1F. The Morgan fingerprint density at radius 3 is 2.75 bits per heavy atom. The highest BCUT2D eigenvalue weighted by atomic mass is 19.1. The lowest BCUT2D eigenvalue weighted by Gasteiger charge is -2.18. The molecule has 1 atom stereocenters. The van der Waals surface area contributed by atoms with Crippen LogP contribution < -0.4 is 5.32 Å². The molecule has 0 spiro atoms. The van der Waals surface area contributed by atoms with Crippen LogP contribution in [0.5, 0.6) is 0 Å². The Bertz CT molecular complexity index is 543. The fraction of sp³-hybridized carbons (Fsp3) is 0.312. The second kappa shape index (κ2) is 7.10. The molecule has 0 amide bonds. The number of rotatable bonds is 6. The van der Waals surface area contributed by atoms with Crippen molar-refractivity contribution in [2.24, 2.45) is 0 Å². The minimum atomic E-state index is -0.405. The fourth-order valence-electron chi connectivity index (χ4n) is 2.27. The van der Waals surface area contributed by atoms with E-state index in [-0.39, 0.29) is 11.9 Å². The van der Waals surface area contributed by atoms with Gasteiger partial charge in [0.1, 0.15) is 11.6 Å². The summed E-state index contributed by atoms with van der Waals surface area (Å²) in [5, 5.41) is 3.31. The van der Waals surface area contributed by atoms with Gasteiger partial charge in [0.15, 0.2) is 0 Å². The largest absolute Gasteiger partial charge is 0.314 e. The summed E-state index contributed by atoms with van der Waals surface area (Å²) in [4.78, 5) is 4.07. The number of likely N-dealkylation sites (N-methyl/N-ethyl adjacent to an activating group) is 1. The lowest BCUT2D eigenvalue weighted by molar-refractivity contribution is 0.501. The first-order valence-electron chi connectivity index (χ1n) is 6.75. The molecule has 2 rings (SSSR count). The van der Waals surface area contributed by atoms with Crippen molar-refractivity contribution in [1.29, 1.82) is 0 Å². The molecular weight excluding hydrogens is 258 g/mol. The molecule has 1 aromatic carbocycles. The summed E-state index contributed by atoms with van der Waals surface area (Å²) < 4.78 is 26.9. The summed E-state index contributed by atoms with van der Waals surface area (Å²) in [7, 11) is 0. The number of pyridine rings is 1. The van der Waals surface area contributed by atoms with E-state index in [9.17, 15) is 8.78 Å². The molecule has 2 nitrogen and oxygen atoms in total. The lowest BCUT2D eigenvalue weighted by atomic mass is 9.99. The van der Waals surface area contributed by atoms with Crippen molar-refractivity contribution in [3.63, 3.8) is 0 Å². The zero-order valence-corrected chi connectivity index (χ0v) is 11.4. The van der Waals surface area contributed by atoms with Crippen molar-refractivity contribution in [2.75, 3.05) is 6.54 Å². The second-order valence-electron chi connectivity index (χ2n) is 4.76. The van der Waals surface area contributed by atoms with E-state index >= 15 is 0 Å². The van der Waals surface area contributed by atoms with Gasteiger partial charge in [-0.25, -0.2) is 8.78 Å². The average molecular weight is 276 g/mol. The van der Waals surface area contributed by atoms with Crippen LogP contribution >= 0.6 is 0 Å². The van der Waals surface area contributed by atoms with Crippen molar-refractivity contribution >= 4 is 0 Å². The van der Waals surface area contributed by atoms with Crippen molar-refractivity contribution < 1.29 is 8.78 Å². The Balaban J connectivity index is 2.11. The normalized spacial score (nSPS) is 12.3. The van der Waals surface area contributed by atoms with E-state index in [0.717, 1.165) is 24.6 Å². The molecule has 4 heteroatoms. The minimum absolute atomic E-state index is 0.0560. The summed E-state index contributed by atoms with van der Waals surface area (Å²) in [5.41, 5.74) is 1.48. The van der Waals surface area contributed by atoms with Crippen LogP contribution in [-0.2, 0) is 12.8 Å². The van der Waals surface area contributed by atoms with E-state index < -0.39 is 5.82 Å². The standard InChI is InChI=1S/C16H18F2N2/c1-2-20-15(8-12-4-3-7-19-11-12)10-13-9-14(17)5-6-16(13)18/h3-7,9,11,15,20H,2,8,10H2,1H3. The third-order valence-electron chi connectivity index (χ3n) is 3.17. The molecule has 2 aromatic rings. The quantitative estimate of drug-likeness (QED) is 0.877. The molecule has 0 aliphatic heterocycles. The van der Waals surface area contributed by atoms with Crippen LogP contribution in [0.25, 0.3) is 0 Å². The highest BCUT2D eigenvalue weighted by Crippen LogP contribution is 2.14. The number of hydrogen-bond donors (Lipinski definition) is 1. The molecule has 106 valence electrons. The van der Waals surface area contributed by atoms with Gasteiger partial charge in [-0.3, -0.25) is 4.98 Å². The van der Waals surface area contributed by atoms with Crippen molar-refractivity contribution in [1.82, 2.24) is 10.3 Å². The maximum Gasteiger partial charge on any atom is 0.126 e. The van der Waals surface area contributed by atoms with Crippen LogP contribution in [0.1, 0.15) is 18.1 Å². The number of nitrogens with one attached hydrogen (secondary N) is 1. The van der Waals surface area contributed by atoms with Crippen LogP contribution in [0.3, 0.4) is 0 Å². The Morgan fingerprint density at radius 2 is 2.05 bits per heavy atom. The predicted octanol–water partition coefficient (Wildman–Crippen LogP) is 3.12. The van der Waals surface area contributed by atoms with Crippen LogP contribution in [-0.4, -0.2) is 17.6 Å². The summed E-state index contributed by atoms with van der Waals surface area (Å²) in [6.07, 6.45) is 4.70. The zero-order chi connectivity index (χ0) is 14.4. The van der Waals surface area contributed by atoms with Crippen molar-refractivity contribution in [3.8, 4) is 0 Å². The van der Waals surface area contributed by atoms with Gasteiger partial charge in [-0.2, -0.15) is 0 Å². The van der Waals surface area contributed by atoms with E-state index in [4.69, 9.17) is 0 Å². The van der Waals surface area contributed by atoms with Crippen molar-refractivity contribution in [3.05, 3.63) is 65.5 Å². The molecule has 1 aromatic heterocycles. The van der Waals surface area contributed by atoms with Gasteiger partial charge in [0.05, 0.1) is 0 Å². The molecule has 0 aliphatic rings. The first-order chi connectivity index (χ1) is 9.69. The third-order valence-corrected chi connectivity index (χ3v) is 3.17. The molecule has 1 unspecified atom stereocenters.